The summed E-state index contributed by atoms with van der Waals surface area (Å²) in [5.41, 5.74) is 5.26. The van der Waals surface area contributed by atoms with Gasteiger partial charge >= 0.3 is 0 Å². The zero-order valence-electron chi connectivity index (χ0n) is 4.68. The lowest BCUT2D eigenvalue weighted by atomic mass is 10.2. The lowest BCUT2D eigenvalue weighted by Gasteiger charge is -2.06. The third kappa shape index (κ3) is 1.07. The predicted molar refractivity (Wildman–Crippen MR) is 30.0 cm³/mol. The highest BCUT2D eigenvalue weighted by Gasteiger charge is 2.15. The fourth-order valence-electron chi connectivity index (χ4n) is 0.538. The molecule has 0 aromatic rings. The molecule has 0 spiro atoms. The number of hydrogen-bond donors (Lipinski definition) is 2. The monoisotopic (exact) mass is 126 g/mol. The maximum atomic E-state index is 10.6. The van der Waals surface area contributed by atoms with Crippen molar-refractivity contribution in [3.63, 3.8) is 0 Å². The van der Waals surface area contributed by atoms with Crippen molar-refractivity contribution in [2.24, 2.45) is 5.73 Å². The zero-order valence-corrected chi connectivity index (χ0v) is 4.68. The van der Waals surface area contributed by atoms with Gasteiger partial charge in [0.25, 0.3) is 0 Å². The normalized spacial score (nSPS) is 18.9. The van der Waals surface area contributed by atoms with Crippen LogP contribution in [0.3, 0.4) is 0 Å². The van der Waals surface area contributed by atoms with Crippen LogP contribution in [0.2, 0.25) is 0 Å². The van der Waals surface area contributed by atoms with Gasteiger partial charge < -0.3 is 11.1 Å². The number of nitrogens with one attached hydrogen (secondary N) is 1. The standard InChI is InChI=1S/C5H6N2O2/c6-3-2-7-5(9)1-4(3)8/h2H,1,6H2,(H,7,9). The molecule has 1 aliphatic rings. The number of rotatable bonds is 0. The highest BCUT2D eigenvalue weighted by molar-refractivity contribution is 6.09. The number of nitrogens with two attached hydrogens (primary N) is 1. The van der Waals surface area contributed by atoms with Crippen LogP contribution in [0.4, 0.5) is 0 Å². The molecule has 1 amide bonds. The largest absolute Gasteiger partial charge is 0.395 e. The van der Waals surface area contributed by atoms with Crippen LogP contribution in [0, 0.1) is 0 Å². The first-order chi connectivity index (χ1) is 4.20. The maximum absolute atomic E-state index is 10.6. The summed E-state index contributed by atoms with van der Waals surface area (Å²) in [6, 6.07) is 0. The predicted octanol–water partition coefficient (Wildman–Crippen LogP) is -1.12. The van der Waals surface area contributed by atoms with Gasteiger partial charge in [0.05, 0.1) is 12.1 Å². The minimum absolute atomic E-state index is 0.120. The first-order valence-electron chi connectivity index (χ1n) is 2.48. The van der Waals surface area contributed by atoms with Gasteiger partial charge in [0, 0.05) is 6.20 Å². The maximum Gasteiger partial charge on any atom is 0.231 e. The van der Waals surface area contributed by atoms with Crippen LogP contribution in [0.5, 0.6) is 0 Å². The molecule has 0 atom stereocenters. The van der Waals surface area contributed by atoms with E-state index >= 15 is 0 Å². The molecule has 9 heavy (non-hydrogen) atoms. The molecular weight excluding hydrogens is 120 g/mol. The molecule has 3 N–H and O–H groups in total. The molecule has 4 heteroatoms. The highest BCUT2D eigenvalue weighted by Crippen LogP contribution is 1.96. The molecule has 0 radical (unpaired) electrons. The molecule has 0 unspecified atom stereocenters. The molecular formula is C5H6N2O2. The van der Waals surface area contributed by atoms with E-state index in [1.807, 2.05) is 0 Å². The van der Waals surface area contributed by atoms with Gasteiger partial charge in [0.1, 0.15) is 0 Å². The fourth-order valence-corrected chi connectivity index (χ4v) is 0.538. The SMILES string of the molecule is NC1=CNC(=O)CC1=O. The molecule has 4 nitrogen and oxygen atoms in total. The van der Waals surface area contributed by atoms with E-state index in [4.69, 9.17) is 5.73 Å². The van der Waals surface area contributed by atoms with Crippen molar-refractivity contribution in [2.75, 3.05) is 0 Å². The third-order valence-corrected chi connectivity index (χ3v) is 1.03. The molecule has 0 aromatic carbocycles. The molecule has 0 aliphatic carbocycles. The zero-order chi connectivity index (χ0) is 6.85. The van der Waals surface area contributed by atoms with Crippen molar-refractivity contribution in [1.29, 1.82) is 0 Å². The van der Waals surface area contributed by atoms with Crippen molar-refractivity contribution in [1.82, 2.24) is 5.32 Å². The van der Waals surface area contributed by atoms with Crippen molar-refractivity contribution in [3.8, 4) is 0 Å². The van der Waals surface area contributed by atoms with Crippen LogP contribution in [-0.2, 0) is 9.59 Å². The Hall–Kier alpha value is -1.32. The first kappa shape index (κ1) is 5.81. The molecule has 1 heterocycles. The summed E-state index contributed by atoms with van der Waals surface area (Å²) in [7, 11) is 0. The number of hydrogen-bond acceptors (Lipinski definition) is 3. The van der Waals surface area contributed by atoms with Crippen molar-refractivity contribution in [2.45, 2.75) is 6.42 Å². The van der Waals surface area contributed by atoms with Gasteiger partial charge in [-0.3, -0.25) is 9.59 Å². The van der Waals surface area contributed by atoms with Gasteiger partial charge in [-0.1, -0.05) is 0 Å². The molecule has 0 saturated carbocycles. The Morgan fingerprint density at radius 3 is 2.67 bits per heavy atom. The quantitative estimate of drug-likeness (QED) is 0.403. The van der Waals surface area contributed by atoms with E-state index < -0.39 is 0 Å². The second kappa shape index (κ2) is 1.89. The summed E-state index contributed by atoms with van der Waals surface area (Å²) in [5, 5.41) is 2.32. The minimum Gasteiger partial charge on any atom is -0.395 e. The van der Waals surface area contributed by atoms with Gasteiger partial charge in [0.2, 0.25) is 5.91 Å². The average molecular weight is 126 g/mol. The van der Waals surface area contributed by atoms with Crippen LogP contribution >= 0.6 is 0 Å². The molecule has 0 saturated heterocycles. The second-order valence-corrected chi connectivity index (χ2v) is 1.77. The number of ketones is 1. The Bertz CT molecular complexity index is 195. The molecule has 0 fully saturated rings. The summed E-state index contributed by atoms with van der Waals surface area (Å²) in [6.45, 7) is 0. The van der Waals surface area contributed by atoms with E-state index in [2.05, 4.69) is 5.32 Å². The van der Waals surface area contributed by atoms with E-state index in [9.17, 15) is 9.59 Å². The molecule has 1 rings (SSSR count). The lowest BCUT2D eigenvalue weighted by Crippen LogP contribution is -2.30. The lowest BCUT2D eigenvalue weighted by molar-refractivity contribution is -0.126. The third-order valence-electron chi connectivity index (χ3n) is 1.03. The van der Waals surface area contributed by atoms with E-state index in [0.717, 1.165) is 0 Å². The van der Waals surface area contributed by atoms with Crippen molar-refractivity contribution >= 4 is 11.7 Å². The van der Waals surface area contributed by atoms with Crippen LogP contribution < -0.4 is 11.1 Å². The summed E-state index contributed by atoms with van der Waals surface area (Å²) >= 11 is 0. The van der Waals surface area contributed by atoms with E-state index in [1.54, 1.807) is 0 Å². The Morgan fingerprint density at radius 2 is 2.22 bits per heavy atom. The molecule has 0 bridgehead atoms. The van der Waals surface area contributed by atoms with Crippen LogP contribution in [0.15, 0.2) is 11.9 Å². The Balaban J connectivity index is 2.79. The number of carbonyl (C=O) groups excluding carboxylic acids is 2. The summed E-state index contributed by atoms with van der Waals surface area (Å²) in [5.74, 6) is -0.604. The number of amides is 1. The van der Waals surface area contributed by atoms with Gasteiger partial charge in [-0.05, 0) is 0 Å². The minimum atomic E-state index is -0.307. The molecule has 48 valence electrons. The first-order valence-corrected chi connectivity index (χ1v) is 2.48. The topological polar surface area (TPSA) is 72.2 Å². The van der Waals surface area contributed by atoms with Crippen molar-refractivity contribution < 1.29 is 9.59 Å². The smallest absolute Gasteiger partial charge is 0.231 e. The molecule has 0 aromatic heterocycles. The van der Waals surface area contributed by atoms with Crippen LogP contribution in [0.25, 0.3) is 0 Å². The Labute approximate surface area is 51.7 Å². The second-order valence-electron chi connectivity index (χ2n) is 1.77. The number of Topliss-reactive ketones (excluding diaryl/α,β-unsaturated/α-hetero) is 1. The Morgan fingerprint density at radius 1 is 1.56 bits per heavy atom. The summed E-state index contributed by atoms with van der Waals surface area (Å²) < 4.78 is 0. The average Bonchev–Trinajstić information content (AvgIpc) is 1.80. The molecule has 1 aliphatic heterocycles. The summed E-state index contributed by atoms with van der Waals surface area (Å²) in [4.78, 5) is 20.9. The highest BCUT2D eigenvalue weighted by atomic mass is 16.2. The van der Waals surface area contributed by atoms with Crippen LogP contribution in [-0.4, -0.2) is 11.7 Å². The van der Waals surface area contributed by atoms with Gasteiger partial charge in [0.15, 0.2) is 5.78 Å². The number of allylic oxidation sites excluding steroid dienone is 1. The van der Waals surface area contributed by atoms with E-state index in [-0.39, 0.29) is 23.8 Å². The van der Waals surface area contributed by atoms with Gasteiger partial charge in [-0.15, -0.1) is 0 Å². The van der Waals surface area contributed by atoms with Gasteiger partial charge in [-0.2, -0.15) is 0 Å². The fraction of sp³-hybridized carbons (Fsp3) is 0.200. The van der Waals surface area contributed by atoms with E-state index in [1.165, 1.54) is 6.20 Å². The van der Waals surface area contributed by atoms with Gasteiger partial charge in [-0.25, -0.2) is 0 Å². The Kier molecular flexibility index (Phi) is 1.22. The summed E-state index contributed by atoms with van der Waals surface area (Å²) in [6.07, 6.45) is 1.09. The van der Waals surface area contributed by atoms with Crippen molar-refractivity contribution in [3.05, 3.63) is 11.9 Å². The van der Waals surface area contributed by atoms with E-state index in [0.29, 0.717) is 0 Å². The number of carbonyl (C=O) groups is 2. The van der Waals surface area contributed by atoms with Crippen LogP contribution in [0.1, 0.15) is 6.42 Å².